The van der Waals surface area contributed by atoms with Crippen LogP contribution in [0, 0.1) is 11.6 Å². The van der Waals surface area contributed by atoms with Crippen LogP contribution in [0.4, 0.5) is 8.78 Å². The molecule has 0 aliphatic carbocycles. The van der Waals surface area contributed by atoms with E-state index in [0.717, 1.165) is 30.8 Å². The lowest BCUT2D eigenvalue weighted by Gasteiger charge is -2.04. The van der Waals surface area contributed by atoms with Gasteiger partial charge in [0.1, 0.15) is 18.1 Å². The molecular formula is C14H15F2NO2. The summed E-state index contributed by atoms with van der Waals surface area (Å²) in [5.41, 5.74) is 1.02. The van der Waals surface area contributed by atoms with Crippen molar-refractivity contribution >= 4 is 0 Å². The first-order valence-corrected chi connectivity index (χ1v) is 6.04. The zero-order valence-corrected chi connectivity index (χ0v) is 10.6. The van der Waals surface area contributed by atoms with Crippen LogP contribution in [0.3, 0.4) is 0 Å². The third kappa shape index (κ3) is 3.79. The Bertz CT molecular complexity index is 540. The third-order valence-electron chi connectivity index (χ3n) is 2.56. The molecule has 0 unspecified atom stereocenters. The Labute approximate surface area is 110 Å². The molecule has 0 amide bonds. The van der Waals surface area contributed by atoms with Gasteiger partial charge in [0.05, 0.1) is 6.26 Å². The van der Waals surface area contributed by atoms with Crippen LogP contribution in [-0.4, -0.2) is 6.54 Å². The average Bonchev–Trinajstić information content (AvgIpc) is 2.86. The first-order valence-electron chi connectivity index (χ1n) is 6.04. The summed E-state index contributed by atoms with van der Waals surface area (Å²) in [6, 6.07) is 5.28. The van der Waals surface area contributed by atoms with Crippen molar-refractivity contribution in [2.45, 2.75) is 20.1 Å². The molecule has 0 fully saturated rings. The van der Waals surface area contributed by atoms with Gasteiger partial charge >= 0.3 is 0 Å². The highest BCUT2D eigenvalue weighted by atomic mass is 19.2. The summed E-state index contributed by atoms with van der Waals surface area (Å²) in [4.78, 5) is 0. The molecule has 1 N–H and O–H groups in total. The van der Waals surface area contributed by atoms with Gasteiger partial charge < -0.3 is 14.5 Å². The topological polar surface area (TPSA) is 34.4 Å². The largest absolute Gasteiger partial charge is 0.486 e. The van der Waals surface area contributed by atoms with E-state index < -0.39 is 11.6 Å². The Morgan fingerprint density at radius 1 is 1.21 bits per heavy atom. The molecule has 1 heterocycles. The molecule has 5 heteroatoms. The summed E-state index contributed by atoms with van der Waals surface area (Å²) >= 11 is 0. The van der Waals surface area contributed by atoms with E-state index in [-0.39, 0.29) is 12.4 Å². The number of halogens is 2. The van der Waals surface area contributed by atoms with Gasteiger partial charge in [-0.2, -0.15) is 0 Å². The molecule has 3 nitrogen and oxygen atoms in total. The molecule has 0 bridgehead atoms. The second-order valence-electron chi connectivity index (χ2n) is 4.07. The minimum atomic E-state index is -0.926. The van der Waals surface area contributed by atoms with Crippen molar-refractivity contribution in [2.24, 2.45) is 0 Å². The molecular weight excluding hydrogens is 252 g/mol. The zero-order valence-electron chi connectivity index (χ0n) is 10.6. The predicted molar refractivity (Wildman–Crippen MR) is 66.8 cm³/mol. The number of hydrogen-bond acceptors (Lipinski definition) is 3. The SMILES string of the molecule is CCNCc1coc(COc2ccc(F)c(F)c2)c1. The van der Waals surface area contributed by atoms with Gasteiger partial charge in [-0.3, -0.25) is 0 Å². The molecule has 0 radical (unpaired) electrons. The van der Waals surface area contributed by atoms with E-state index in [4.69, 9.17) is 9.15 Å². The first-order chi connectivity index (χ1) is 9.19. The second-order valence-corrected chi connectivity index (χ2v) is 4.07. The fourth-order valence-electron chi connectivity index (χ4n) is 1.59. The van der Waals surface area contributed by atoms with Gasteiger partial charge in [-0.05, 0) is 24.7 Å². The Balaban J connectivity index is 1.91. The molecule has 19 heavy (non-hydrogen) atoms. The zero-order chi connectivity index (χ0) is 13.7. The van der Waals surface area contributed by atoms with Crippen molar-refractivity contribution in [2.75, 3.05) is 6.54 Å². The summed E-state index contributed by atoms with van der Waals surface area (Å²) in [7, 11) is 0. The van der Waals surface area contributed by atoms with E-state index in [1.54, 1.807) is 6.26 Å². The lowest BCUT2D eigenvalue weighted by molar-refractivity contribution is 0.268. The second kappa shape index (κ2) is 6.33. The summed E-state index contributed by atoms with van der Waals surface area (Å²) in [6.07, 6.45) is 1.65. The van der Waals surface area contributed by atoms with Crippen LogP contribution in [0.5, 0.6) is 5.75 Å². The van der Waals surface area contributed by atoms with Crippen molar-refractivity contribution < 1.29 is 17.9 Å². The fourth-order valence-corrected chi connectivity index (χ4v) is 1.59. The van der Waals surface area contributed by atoms with Gasteiger partial charge in [-0.25, -0.2) is 8.78 Å². The van der Waals surface area contributed by atoms with Gasteiger partial charge in [0.25, 0.3) is 0 Å². The molecule has 1 aromatic heterocycles. The van der Waals surface area contributed by atoms with Crippen LogP contribution in [-0.2, 0) is 13.2 Å². The van der Waals surface area contributed by atoms with Crippen molar-refractivity contribution in [1.82, 2.24) is 5.32 Å². The predicted octanol–water partition coefficient (Wildman–Crippen LogP) is 3.25. The minimum Gasteiger partial charge on any atom is -0.486 e. The lowest BCUT2D eigenvalue weighted by atomic mass is 10.3. The molecule has 0 saturated heterocycles. The van der Waals surface area contributed by atoms with Gasteiger partial charge in [0.15, 0.2) is 11.6 Å². The van der Waals surface area contributed by atoms with Gasteiger partial charge in [0.2, 0.25) is 0 Å². The van der Waals surface area contributed by atoms with Crippen LogP contribution in [0.15, 0.2) is 34.9 Å². The van der Waals surface area contributed by atoms with Crippen LogP contribution < -0.4 is 10.1 Å². The Morgan fingerprint density at radius 2 is 2.05 bits per heavy atom. The van der Waals surface area contributed by atoms with Gasteiger partial charge in [-0.15, -0.1) is 0 Å². The summed E-state index contributed by atoms with van der Waals surface area (Å²) < 4.78 is 36.3. The molecule has 0 aliphatic rings. The maximum Gasteiger partial charge on any atom is 0.162 e. The van der Waals surface area contributed by atoms with Crippen molar-refractivity contribution in [3.05, 3.63) is 53.5 Å². The molecule has 0 saturated carbocycles. The van der Waals surface area contributed by atoms with Crippen LogP contribution in [0.25, 0.3) is 0 Å². The summed E-state index contributed by atoms with van der Waals surface area (Å²) in [5.74, 6) is -0.913. The number of ether oxygens (including phenoxy) is 1. The number of hydrogen-bond donors (Lipinski definition) is 1. The molecule has 0 aliphatic heterocycles. The molecule has 0 spiro atoms. The van der Waals surface area contributed by atoms with E-state index in [1.165, 1.54) is 6.07 Å². The average molecular weight is 267 g/mol. The van der Waals surface area contributed by atoms with Crippen LogP contribution in [0.1, 0.15) is 18.2 Å². The van der Waals surface area contributed by atoms with Gasteiger partial charge in [-0.1, -0.05) is 6.92 Å². The monoisotopic (exact) mass is 267 g/mol. The fraction of sp³-hybridized carbons (Fsp3) is 0.286. The molecule has 102 valence electrons. The number of rotatable bonds is 6. The van der Waals surface area contributed by atoms with Crippen molar-refractivity contribution in [3.63, 3.8) is 0 Å². The molecule has 2 rings (SSSR count). The number of benzene rings is 1. The number of furan rings is 1. The minimum absolute atomic E-state index is 0.178. The Morgan fingerprint density at radius 3 is 2.79 bits per heavy atom. The van der Waals surface area contributed by atoms with E-state index in [1.807, 2.05) is 13.0 Å². The van der Waals surface area contributed by atoms with Crippen molar-refractivity contribution in [1.29, 1.82) is 0 Å². The van der Waals surface area contributed by atoms with E-state index in [0.29, 0.717) is 5.76 Å². The molecule has 2 aromatic rings. The third-order valence-corrected chi connectivity index (χ3v) is 2.56. The smallest absolute Gasteiger partial charge is 0.162 e. The highest BCUT2D eigenvalue weighted by molar-refractivity contribution is 5.24. The normalized spacial score (nSPS) is 10.7. The van der Waals surface area contributed by atoms with Gasteiger partial charge in [0, 0.05) is 18.2 Å². The van der Waals surface area contributed by atoms with Crippen LogP contribution in [0.2, 0.25) is 0 Å². The maximum absolute atomic E-state index is 13.0. The number of nitrogens with one attached hydrogen (secondary N) is 1. The van der Waals surface area contributed by atoms with E-state index >= 15 is 0 Å². The van der Waals surface area contributed by atoms with Crippen molar-refractivity contribution in [3.8, 4) is 5.75 Å². The highest BCUT2D eigenvalue weighted by Gasteiger charge is 2.05. The standard InChI is InChI=1S/C14H15F2NO2/c1-2-17-7-10-5-12(18-8-10)9-19-11-3-4-13(15)14(16)6-11/h3-6,8,17H,2,7,9H2,1H3. The Kier molecular flexibility index (Phi) is 4.52. The van der Waals surface area contributed by atoms with E-state index in [2.05, 4.69) is 5.32 Å². The highest BCUT2D eigenvalue weighted by Crippen LogP contribution is 2.17. The molecule has 0 atom stereocenters. The quantitative estimate of drug-likeness (QED) is 0.872. The lowest BCUT2D eigenvalue weighted by Crippen LogP contribution is -2.10. The molecule has 1 aromatic carbocycles. The maximum atomic E-state index is 13.0. The summed E-state index contributed by atoms with van der Waals surface area (Å²) in [5, 5.41) is 3.17. The van der Waals surface area contributed by atoms with Crippen LogP contribution >= 0.6 is 0 Å². The summed E-state index contributed by atoms with van der Waals surface area (Å²) in [6.45, 7) is 3.81. The first kappa shape index (κ1) is 13.5. The van der Waals surface area contributed by atoms with E-state index in [9.17, 15) is 8.78 Å². The Hall–Kier alpha value is -1.88.